The summed E-state index contributed by atoms with van der Waals surface area (Å²) in [5, 5.41) is 4.37. The van der Waals surface area contributed by atoms with Crippen molar-refractivity contribution < 1.29 is 9.59 Å². The average molecular weight is 508 g/mol. The quantitative estimate of drug-likeness (QED) is 0.405. The van der Waals surface area contributed by atoms with Gasteiger partial charge >= 0.3 is 0 Å². The molecule has 7 heteroatoms. The third-order valence-electron chi connectivity index (χ3n) is 6.06. The van der Waals surface area contributed by atoms with Crippen molar-refractivity contribution >= 4 is 46.8 Å². The third-order valence-corrected chi connectivity index (χ3v) is 7.61. The Morgan fingerprint density at radius 3 is 2.45 bits per heavy atom. The van der Waals surface area contributed by atoms with Crippen molar-refractivity contribution in [1.29, 1.82) is 0 Å². The lowest BCUT2D eigenvalue weighted by atomic mass is 10.1. The summed E-state index contributed by atoms with van der Waals surface area (Å²) in [6.45, 7) is 4.42. The van der Waals surface area contributed by atoms with Gasteiger partial charge in [0.2, 0.25) is 11.8 Å². The summed E-state index contributed by atoms with van der Waals surface area (Å²) >= 11 is 13.8. The minimum Gasteiger partial charge on any atom is -0.352 e. The van der Waals surface area contributed by atoms with Crippen LogP contribution < -0.4 is 5.32 Å². The zero-order valence-corrected chi connectivity index (χ0v) is 21.6. The molecule has 0 saturated heterocycles. The monoisotopic (exact) mass is 506 g/mol. The first-order valence-electron chi connectivity index (χ1n) is 11.5. The highest BCUT2D eigenvalue weighted by atomic mass is 35.5. The van der Waals surface area contributed by atoms with Crippen molar-refractivity contribution in [3.05, 3.63) is 69.2 Å². The van der Waals surface area contributed by atoms with E-state index in [4.69, 9.17) is 23.2 Å². The van der Waals surface area contributed by atoms with Gasteiger partial charge in [0.05, 0.1) is 5.75 Å². The molecule has 1 N–H and O–H groups in total. The Kier molecular flexibility index (Phi) is 9.96. The number of aryl methyl sites for hydroxylation is 1. The fourth-order valence-corrected chi connectivity index (χ4v) is 5.62. The van der Waals surface area contributed by atoms with Gasteiger partial charge in [-0.3, -0.25) is 9.59 Å². The van der Waals surface area contributed by atoms with Crippen LogP contribution in [0.15, 0.2) is 42.5 Å². The van der Waals surface area contributed by atoms with E-state index in [2.05, 4.69) is 5.32 Å². The molecule has 0 aliphatic heterocycles. The van der Waals surface area contributed by atoms with E-state index in [1.807, 2.05) is 44.2 Å². The van der Waals surface area contributed by atoms with Crippen LogP contribution in [0.4, 0.5) is 0 Å². The second-order valence-electron chi connectivity index (χ2n) is 8.65. The van der Waals surface area contributed by atoms with E-state index in [0.29, 0.717) is 28.8 Å². The Labute approximate surface area is 211 Å². The number of carbonyl (C=O) groups excluding carboxylic acids is 2. The molecule has 1 fully saturated rings. The molecule has 0 aromatic heterocycles. The van der Waals surface area contributed by atoms with Crippen molar-refractivity contribution in [2.75, 3.05) is 5.75 Å². The molecule has 1 aliphatic carbocycles. The van der Waals surface area contributed by atoms with Gasteiger partial charge < -0.3 is 10.2 Å². The predicted octanol–water partition coefficient (Wildman–Crippen LogP) is 6.40. The third kappa shape index (κ3) is 7.66. The van der Waals surface area contributed by atoms with E-state index in [1.54, 1.807) is 17.0 Å². The SMILES string of the molecule is CC[C@@H](C(=O)NC1CCCC1)N(Cc1ccc(C)cc1)C(=O)CSCc1ccc(Cl)cc1Cl. The van der Waals surface area contributed by atoms with Crippen LogP contribution in [-0.2, 0) is 21.9 Å². The summed E-state index contributed by atoms with van der Waals surface area (Å²) in [5.41, 5.74) is 3.12. The summed E-state index contributed by atoms with van der Waals surface area (Å²) in [6, 6.07) is 13.3. The molecular formula is C26H32Cl2N2O2S. The van der Waals surface area contributed by atoms with E-state index in [1.165, 1.54) is 11.8 Å². The summed E-state index contributed by atoms with van der Waals surface area (Å²) in [6.07, 6.45) is 4.91. The van der Waals surface area contributed by atoms with Gasteiger partial charge in [0, 0.05) is 28.4 Å². The van der Waals surface area contributed by atoms with Crippen LogP contribution in [-0.4, -0.2) is 34.6 Å². The van der Waals surface area contributed by atoms with E-state index in [-0.39, 0.29) is 23.6 Å². The Hall–Kier alpha value is -1.69. The van der Waals surface area contributed by atoms with Crippen LogP contribution in [0.3, 0.4) is 0 Å². The second kappa shape index (κ2) is 12.7. The maximum Gasteiger partial charge on any atom is 0.243 e. The molecule has 3 rings (SSSR count). The van der Waals surface area contributed by atoms with Crippen molar-refractivity contribution in [3.63, 3.8) is 0 Å². The Morgan fingerprint density at radius 2 is 1.82 bits per heavy atom. The highest BCUT2D eigenvalue weighted by Gasteiger charge is 2.30. The molecule has 1 saturated carbocycles. The van der Waals surface area contributed by atoms with Crippen LogP contribution in [0.1, 0.15) is 55.7 Å². The molecule has 0 bridgehead atoms. The molecule has 0 spiro atoms. The molecule has 4 nitrogen and oxygen atoms in total. The molecular weight excluding hydrogens is 475 g/mol. The number of halogens is 2. The lowest BCUT2D eigenvalue weighted by Crippen LogP contribution is -2.51. The summed E-state index contributed by atoms with van der Waals surface area (Å²) in [4.78, 5) is 28.2. The summed E-state index contributed by atoms with van der Waals surface area (Å²) < 4.78 is 0. The summed E-state index contributed by atoms with van der Waals surface area (Å²) in [5.74, 6) is 0.790. The van der Waals surface area contributed by atoms with Crippen molar-refractivity contribution in [3.8, 4) is 0 Å². The Morgan fingerprint density at radius 1 is 1.12 bits per heavy atom. The van der Waals surface area contributed by atoms with E-state index >= 15 is 0 Å². The van der Waals surface area contributed by atoms with Gasteiger partial charge in [-0.2, -0.15) is 0 Å². The predicted molar refractivity (Wildman–Crippen MR) is 139 cm³/mol. The number of nitrogens with one attached hydrogen (secondary N) is 1. The smallest absolute Gasteiger partial charge is 0.243 e. The van der Waals surface area contributed by atoms with E-state index in [9.17, 15) is 9.59 Å². The number of hydrogen-bond acceptors (Lipinski definition) is 3. The largest absolute Gasteiger partial charge is 0.352 e. The maximum atomic E-state index is 13.4. The Balaban J connectivity index is 1.70. The zero-order chi connectivity index (χ0) is 23.8. The van der Waals surface area contributed by atoms with Gasteiger partial charge in [-0.15, -0.1) is 11.8 Å². The minimum atomic E-state index is -0.487. The van der Waals surface area contributed by atoms with E-state index < -0.39 is 6.04 Å². The highest BCUT2D eigenvalue weighted by Crippen LogP contribution is 2.25. The lowest BCUT2D eigenvalue weighted by molar-refractivity contribution is -0.139. The van der Waals surface area contributed by atoms with Crippen LogP contribution in [0, 0.1) is 6.92 Å². The van der Waals surface area contributed by atoms with Crippen molar-refractivity contribution in [2.45, 2.75) is 70.3 Å². The molecule has 0 heterocycles. The van der Waals surface area contributed by atoms with Gasteiger partial charge in [-0.1, -0.05) is 78.9 Å². The zero-order valence-electron chi connectivity index (χ0n) is 19.3. The second-order valence-corrected chi connectivity index (χ2v) is 10.5. The highest BCUT2D eigenvalue weighted by molar-refractivity contribution is 7.99. The van der Waals surface area contributed by atoms with Crippen LogP contribution in [0.5, 0.6) is 0 Å². The molecule has 33 heavy (non-hydrogen) atoms. The van der Waals surface area contributed by atoms with Gasteiger partial charge in [-0.25, -0.2) is 0 Å². The van der Waals surface area contributed by atoms with Gasteiger partial charge in [0.15, 0.2) is 0 Å². The first-order valence-corrected chi connectivity index (χ1v) is 13.5. The fourth-order valence-electron chi connectivity index (χ4n) is 4.15. The molecule has 2 aromatic carbocycles. The molecule has 1 atom stereocenters. The lowest BCUT2D eigenvalue weighted by Gasteiger charge is -2.31. The number of thioether (sulfide) groups is 1. The van der Waals surface area contributed by atoms with Crippen molar-refractivity contribution in [1.82, 2.24) is 10.2 Å². The Bertz CT molecular complexity index is 946. The van der Waals surface area contributed by atoms with E-state index in [0.717, 1.165) is 42.4 Å². The first-order chi connectivity index (χ1) is 15.9. The molecule has 2 aromatic rings. The van der Waals surface area contributed by atoms with Crippen LogP contribution >= 0.6 is 35.0 Å². The topological polar surface area (TPSA) is 49.4 Å². The minimum absolute atomic E-state index is 0.0425. The standard InChI is InChI=1S/C26H32Cl2N2O2S/c1-3-24(26(32)29-22-6-4-5-7-22)30(15-19-10-8-18(2)9-11-19)25(31)17-33-16-20-12-13-21(27)14-23(20)28/h8-14,22,24H,3-7,15-17H2,1-2H3,(H,29,32)/t24-/m0/s1. The van der Waals surface area contributed by atoms with Gasteiger partial charge in [-0.05, 0) is 49.4 Å². The number of carbonyl (C=O) groups is 2. The number of hydrogen-bond donors (Lipinski definition) is 1. The molecule has 1 aliphatic rings. The summed E-state index contributed by atoms with van der Waals surface area (Å²) in [7, 11) is 0. The molecule has 0 unspecified atom stereocenters. The number of rotatable bonds is 10. The van der Waals surface area contributed by atoms with Gasteiger partial charge in [0.1, 0.15) is 6.04 Å². The molecule has 0 radical (unpaired) electrons. The normalized spacial score (nSPS) is 14.8. The first kappa shape index (κ1) is 25.9. The van der Waals surface area contributed by atoms with Crippen molar-refractivity contribution in [2.24, 2.45) is 0 Å². The molecule has 2 amide bonds. The number of amides is 2. The van der Waals surface area contributed by atoms with Gasteiger partial charge in [0.25, 0.3) is 0 Å². The molecule has 178 valence electrons. The van der Waals surface area contributed by atoms with Crippen LogP contribution in [0.2, 0.25) is 10.0 Å². The fraction of sp³-hybridized carbons (Fsp3) is 0.462. The van der Waals surface area contributed by atoms with Crippen LogP contribution in [0.25, 0.3) is 0 Å². The average Bonchev–Trinajstić information content (AvgIpc) is 3.29. The number of nitrogens with zero attached hydrogens (tertiary/aromatic N) is 1. The maximum absolute atomic E-state index is 13.4. The number of benzene rings is 2.